The first-order valence-electron chi connectivity index (χ1n) is 10.0. The molecule has 2 aliphatic heterocycles. The van der Waals surface area contributed by atoms with E-state index in [2.05, 4.69) is 17.0 Å². The Hall–Kier alpha value is -2.54. The van der Waals surface area contributed by atoms with E-state index >= 15 is 0 Å². The first-order chi connectivity index (χ1) is 13.8. The molecule has 6 nitrogen and oxygen atoms in total. The lowest BCUT2D eigenvalue weighted by atomic mass is 10.1. The highest BCUT2D eigenvalue weighted by Gasteiger charge is 2.27. The summed E-state index contributed by atoms with van der Waals surface area (Å²) >= 11 is 0. The van der Waals surface area contributed by atoms with Gasteiger partial charge < -0.3 is 9.80 Å². The van der Waals surface area contributed by atoms with E-state index in [1.165, 1.54) is 29.1 Å². The van der Waals surface area contributed by atoms with E-state index < -0.39 is 10.0 Å². The topological polar surface area (TPSA) is 60.9 Å². The highest BCUT2D eigenvalue weighted by Crippen LogP contribution is 2.31. The number of sulfonamides is 1. The molecule has 29 heavy (non-hydrogen) atoms. The van der Waals surface area contributed by atoms with Crippen molar-refractivity contribution in [2.24, 2.45) is 0 Å². The number of anilines is 2. The third-order valence-electron chi connectivity index (χ3n) is 5.77. The number of carbonyl (C=O) groups is 1. The van der Waals surface area contributed by atoms with Gasteiger partial charge in [-0.1, -0.05) is 18.2 Å². The van der Waals surface area contributed by atoms with E-state index in [9.17, 15) is 13.2 Å². The second kappa shape index (κ2) is 7.71. The van der Waals surface area contributed by atoms with Gasteiger partial charge in [-0.3, -0.25) is 9.10 Å². The van der Waals surface area contributed by atoms with Gasteiger partial charge in [0.15, 0.2) is 0 Å². The van der Waals surface area contributed by atoms with Gasteiger partial charge in [-0.15, -0.1) is 0 Å². The number of rotatable bonds is 5. The minimum Gasteiger partial charge on any atom is -0.371 e. The Kier molecular flexibility index (Phi) is 5.25. The van der Waals surface area contributed by atoms with Crippen molar-refractivity contribution in [3.63, 3.8) is 0 Å². The molecule has 0 aromatic heterocycles. The van der Waals surface area contributed by atoms with E-state index in [1.54, 1.807) is 17.0 Å². The van der Waals surface area contributed by atoms with Gasteiger partial charge in [0.1, 0.15) is 0 Å². The van der Waals surface area contributed by atoms with E-state index in [0.29, 0.717) is 30.8 Å². The van der Waals surface area contributed by atoms with Crippen molar-refractivity contribution in [1.29, 1.82) is 0 Å². The molecule has 7 heteroatoms. The minimum atomic E-state index is -3.29. The lowest BCUT2D eigenvalue weighted by Crippen LogP contribution is -2.28. The molecule has 0 bridgehead atoms. The normalized spacial score (nSPS) is 16.2. The second-order valence-electron chi connectivity index (χ2n) is 7.91. The van der Waals surface area contributed by atoms with Crippen molar-refractivity contribution in [1.82, 2.24) is 4.90 Å². The molecule has 0 unspecified atom stereocenters. The zero-order valence-electron chi connectivity index (χ0n) is 17.0. The first-order valence-corrected chi connectivity index (χ1v) is 11.9. The summed E-state index contributed by atoms with van der Waals surface area (Å²) in [6.45, 7) is 3.11. The Bertz CT molecular complexity index is 1030. The lowest BCUT2D eigenvalue weighted by Gasteiger charge is -2.24. The van der Waals surface area contributed by atoms with Crippen molar-refractivity contribution in [3.8, 4) is 0 Å². The molecule has 2 aromatic carbocycles. The lowest BCUT2D eigenvalue weighted by molar-refractivity contribution is 0.0785. The van der Waals surface area contributed by atoms with Crippen molar-refractivity contribution in [3.05, 3.63) is 59.2 Å². The molecule has 1 amide bonds. The van der Waals surface area contributed by atoms with Crippen LogP contribution in [0.1, 0.15) is 34.3 Å². The average Bonchev–Trinajstić information content (AvgIpc) is 3.36. The first kappa shape index (κ1) is 19.8. The number of hydrogen-bond donors (Lipinski definition) is 0. The van der Waals surface area contributed by atoms with Gasteiger partial charge in [0.2, 0.25) is 10.0 Å². The summed E-state index contributed by atoms with van der Waals surface area (Å²) in [5.74, 6) is -0.0539. The van der Waals surface area contributed by atoms with Crippen LogP contribution in [0.25, 0.3) is 0 Å². The zero-order chi connectivity index (χ0) is 20.6. The standard InChI is InChI=1S/C22H27N3O3S/c1-23(16-19-7-3-4-8-20(19)24-12-5-6-13-24)22(26)18-9-10-21-17(15-18)11-14-25(21)29(2,27)28/h3-4,7-10,15H,5-6,11-14,16H2,1-2H3. The molecule has 0 radical (unpaired) electrons. The molecule has 0 aliphatic carbocycles. The Morgan fingerprint density at radius 2 is 1.76 bits per heavy atom. The van der Waals surface area contributed by atoms with Crippen LogP contribution in [0.4, 0.5) is 11.4 Å². The molecule has 1 fully saturated rings. The highest BCUT2D eigenvalue weighted by molar-refractivity contribution is 7.92. The summed E-state index contributed by atoms with van der Waals surface area (Å²) in [6.07, 6.45) is 4.27. The zero-order valence-corrected chi connectivity index (χ0v) is 17.8. The van der Waals surface area contributed by atoms with Crippen molar-refractivity contribution >= 4 is 27.3 Å². The number of para-hydroxylation sites is 1. The largest absolute Gasteiger partial charge is 0.371 e. The van der Waals surface area contributed by atoms with Crippen LogP contribution >= 0.6 is 0 Å². The molecular formula is C22H27N3O3S. The molecule has 4 rings (SSSR count). The van der Waals surface area contributed by atoms with E-state index in [4.69, 9.17) is 0 Å². The number of amides is 1. The van der Waals surface area contributed by atoms with Crippen LogP contribution in [-0.4, -0.2) is 52.2 Å². The molecule has 0 saturated carbocycles. The quantitative estimate of drug-likeness (QED) is 0.756. The second-order valence-corrected chi connectivity index (χ2v) is 9.82. The third-order valence-corrected chi connectivity index (χ3v) is 6.95. The Balaban J connectivity index is 1.53. The van der Waals surface area contributed by atoms with Crippen molar-refractivity contribution in [2.75, 3.05) is 42.1 Å². The van der Waals surface area contributed by atoms with Gasteiger partial charge in [0.25, 0.3) is 5.91 Å². The highest BCUT2D eigenvalue weighted by atomic mass is 32.2. The molecule has 0 N–H and O–H groups in total. The average molecular weight is 414 g/mol. The molecule has 1 saturated heterocycles. The maximum atomic E-state index is 13.0. The van der Waals surface area contributed by atoms with Crippen LogP contribution in [-0.2, 0) is 23.0 Å². The number of nitrogens with zero attached hydrogens (tertiary/aromatic N) is 3. The van der Waals surface area contributed by atoms with Gasteiger partial charge in [0.05, 0.1) is 11.9 Å². The molecule has 0 spiro atoms. The van der Waals surface area contributed by atoms with Crippen LogP contribution in [0.15, 0.2) is 42.5 Å². The fourth-order valence-electron chi connectivity index (χ4n) is 4.31. The summed E-state index contributed by atoms with van der Waals surface area (Å²) in [5, 5.41) is 0. The summed E-state index contributed by atoms with van der Waals surface area (Å²) in [7, 11) is -1.47. The smallest absolute Gasteiger partial charge is 0.253 e. The predicted molar refractivity (Wildman–Crippen MR) is 116 cm³/mol. The van der Waals surface area contributed by atoms with E-state index in [-0.39, 0.29) is 5.91 Å². The van der Waals surface area contributed by atoms with Crippen LogP contribution in [0, 0.1) is 0 Å². The summed E-state index contributed by atoms with van der Waals surface area (Å²) in [4.78, 5) is 17.2. The Morgan fingerprint density at radius 1 is 1.03 bits per heavy atom. The number of benzene rings is 2. The maximum absolute atomic E-state index is 13.0. The maximum Gasteiger partial charge on any atom is 0.253 e. The molecular weight excluding hydrogens is 386 g/mol. The monoisotopic (exact) mass is 413 g/mol. The van der Waals surface area contributed by atoms with Gasteiger partial charge in [-0.2, -0.15) is 0 Å². The van der Waals surface area contributed by atoms with Crippen molar-refractivity contribution < 1.29 is 13.2 Å². The van der Waals surface area contributed by atoms with Gasteiger partial charge in [0, 0.05) is 44.5 Å². The summed E-state index contributed by atoms with van der Waals surface area (Å²) in [6, 6.07) is 13.6. The summed E-state index contributed by atoms with van der Waals surface area (Å²) < 4.78 is 25.2. The number of hydrogen-bond acceptors (Lipinski definition) is 4. The van der Waals surface area contributed by atoms with Gasteiger partial charge in [-0.25, -0.2) is 8.42 Å². The van der Waals surface area contributed by atoms with Crippen molar-refractivity contribution in [2.45, 2.75) is 25.8 Å². The Morgan fingerprint density at radius 3 is 2.48 bits per heavy atom. The fraction of sp³-hybridized carbons (Fsp3) is 0.409. The van der Waals surface area contributed by atoms with Gasteiger partial charge >= 0.3 is 0 Å². The number of carbonyl (C=O) groups excluding carboxylic acids is 1. The van der Waals surface area contributed by atoms with E-state index in [1.807, 2.05) is 25.2 Å². The van der Waals surface area contributed by atoms with Crippen LogP contribution in [0.3, 0.4) is 0 Å². The molecule has 0 atom stereocenters. The number of fused-ring (bicyclic) bond motifs is 1. The molecule has 154 valence electrons. The van der Waals surface area contributed by atoms with Crippen LogP contribution in [0.2, 0.25) is 0 Å². The SMILES string of the molecule is CN(Cc1ccccc1N1CCCC1)C(=O)c1ccc2c(c1)CCN2S(C)(=O)=O. The molecule has 2 heterocycles. The molecule has 2 aromatic rings. The van der Waals surface area contributed by atoms with Crippen LogP contribution < -0.4 is 9.21 Å². The predicted octanol–water partition coefficient (Wildman–Crippen LogP) is 2.88. The van der Waals surface area contributed by atoms with E-state index in [0.717, 1.165) is 24.2 Å². The third kappa shape index (κ3) is 3.96. The summed E-state index contributed by atoms with van der Waals surface area (Å²) in [5.41, 5.74) is 4.55. The fourth-order valence-corrected chi connectivity index (χ4v) is 5.27. The minimum absolute atomic E-state index is 0.0539. The van der Waals surface area contributed by atoms with Gasteiger partial charge in [-0.05, 0) is 54.7 Å². The van der Waals surface area contributed by atoms with Crippen LogP contribution in [0.5, 0.6) is 0 Å². The molecule has 2 aliphatic rings. The Labute approximate surface area is 172 Å².